The predicted octanol–water partition coefficient (Wildman–Crippen LogP) is 5.22. The monoisotopic (exact) mass is 609 g/mol. The number of hydrogen-bond donors (Lipinski definition) is 0. The summed E-state index contributed by atoms with van der Waals surface area (Å²) in [5.74, 6) is 2.60. The van der Waals surface area contributed by atoms with Gasteiger partial charge in [0.1, 0.15) is 0 Å². The van der Waals surface area contributed by atoms with Gasteiger partial charge in [0.2, 0.25) is 11.7 Å². The van der Waals surface area contributed by atoms with Crippen LogP contribution in [0.3, 0.4) is 0 Å². The fraction of sp³-hybridized carbons (Fsp3) is 0.444. The first kappa shape index (κ1) is 29.5. The normalized spacial score (nSPS) is 20.5. The van der Waals surface area contributed by atoms with Crippen LogP contribution in [0.5, 0.6) is 17.2 Å². The Hall–Kier alpha value is -4.24. The zero-order valence-electron chi connectivity index (χ0n) is 26.6. The van der Waals surface area contributed by atoms with Gasteiger partial charge in [-0.05, 0) is 62.1 Å². The lowest BCUT2D eigenvalue weighted by Crippen LogP contribution is -2.46. The highest BCUT2D eigenvalue weighted by molar-refractivity contribution is 5.96. The molecule has 3 aromatic carbocycles. The zero-order chi connectivity index (χ0) is 31.0. The minimum Gasteiger partial charge on any atom is -0.493 e. The first-order valence-corrected chi connectivity index (χ1v) is 16.1. The van der Waals surface area contributed by atoms with Crippen LogP contribution in [0.25, 0.3) is 11.0 Å². The Labute approximate surface area is 265 Å². The Kier molecular flexibility index (Phi) is 8.04. The van der Waals surface area contributed by atoms with Crippen molar-refractivity contribution in [2.45, 2.75) is 43.7 Å². The molecule has 0 spiro atoms. The van der Waals surface area contributed by atoms with Crippen LogP contribution in [0.4, 0.5) is 5.95 Å². The summed E-state index contributed by atoms with van der Waals surface area (Å²) in [5.41, 5.74) is 4.11. The molecule has 9 nitrogen and oxygen atoms in total. The van der Waals surface area contributed by atoms with Crippen molar-refractivity contribution in [2.24, 2.45) is 0 Å². The summed E-state index contributed by atoms with van der Waals surface area (Å²) in [7, 11) is 4.72. The van der Waals surface area contributed by atoms with Crippen molar-refractivity contribution >= 4 is 22.9 Å². The number of carbonyl (C=O) groups excluding carboxylic acids is 1. The highest BCUT2D eigenvalue weighted by Crippen LogP contribution is 2.42. The van der Waals surface area contributed by atoms with Gasteiger partial charge in [-0.2, -0.15) is 0 Å². The summed E-state index contributed by atoms with van der Waals surface area (Å²) < 4.78 is 18.9. The lowest BCUT2D eigenvalue weighted by Gasteiger charge is -2.39. The number of aromatic nitrogens is 2. The Morgan fingerprint density at radius 1 is 0.867 bits per heavy atom. The number of rotatable bonds is 9. The van der Waals surface area contributed by atoms with E-state index in [2.05, 4.69) is 69.0 Å². The second-order valence-corrected chi connectivity index (χ2v) is 12.6. The van der Waals surface area contributed by atoms with Gasteiger partial charge in [-0.3, -0.25) is 4.79 Å². The minimum atomic E-state index is -0.0891. The fourth-order valence-electron chi connectivity index (χ4n) is 7.79. The van der Waals surface area contributed by atoms with Crippen LogP contribution in [0.1, 0.15) is 41.6 Å². The lowest BCUT2D eigenvalue weighted by molar-refractivity contribution is 0.0779. The molecular weight excluding hydrogens is 566 g/mol. The third kappa shape index (κ3) is 5.37. The van der Waals surface area contributed by atoms with E-state index in [0.29, 0.717) is 41.9 Å². The summed E-state index contributed by atoms with van der Waals surface area (Å²) in [6.45, 7) is 6.65. The molecule has 7 rings (SSSR count). The lowest BCUT2D eigenvalue weighted by atomic mass is 9.76. The number of amides is 1. The van der Waals surface area contributed by atoms with Crippen LogP contribution < -0.4 is 19.1 Å². The number of para-hydroxylation sites is 2. The molecule has 0 N–H and O–H groups in total. The van der Waals surface area contributed by atoms with E-state index in [1.165, 1.54) is 11.1 Å². The van der Waals surface area contributed by atoms with Gasteiger partial charge < -0.3 is 33.5 Å². The van der Waals surface area contributed by atoms with Crippen molar-refractivity contribution in [3.63, 3.8) is 0 Å². The average molecular weight is 610 g/mol. The number of carbonyl (C=O) groups is 1. The molecule has 2 saturated heterocycles. The number of methoxy groups -OCH3 is 3. The van der Waals surface area contributed by atoms with E-state index in [0.717, 1.165) is 69.9 Å². The standard InChI is InChI=1S/C36H43N5O4/c1-43-31-23-26(24-32(44-2)33(31)45-3)34(42)39-20-16-36(25-39,27-9-5-4-6-10-27)15-19-38-17-13-28(14-18-38)40-21-22-41-30-12-8-7-11-29(30)37-35(40)41/h4-12,23-24,28H,13-22,25H2,1-3H3. The van der Waals surface area contributed by atoms with Crippen LogP contribution in [0.2, 0.25) is 0 Å². The molecule has 45 heavy (non-hydrogen) atoms. The van der Waals surface area contributed by atoms with Gasteiger partial charge >= 0.3 is 0 Å². The molecule has 0 radical (unpaired) electrons. The van der Waals surface area contributed by atoms with E-state index in [4.69, 9.17) is 19.2 Å². The van der Waals surface area contributed by atoms with E-state index >= 15 is 0 Å². The average Bonchev–Trinajstić information content (AvgIpc) is 3.82. The van der Waals surface area contributed by atoms with Crippen LogP contribution >= 0.6 is 0 Å². The van der Waals surface area contributed by atoms with Crippen LogP contribution in [-0.4, -0.2) is 91.9 Å². The van der Waals surface area contributed by atoms with E-state index in [1.54, 1.807) is 33.5 Å². The van der Waals surface area contributed by atoms with Crippen molar-refractivity contribution < 1.29 is 19.0 Å². The SMILES string of the molecule is COc1cc(C(=O)N2CCC(CCN3CCC(N4CCn5c4nc4ccccc45)CC3)(c3ccccc3)C2)cc(OC)c1OC. The smallest absolute Gasteiger partial charge is 0.254 e. The van der Waals surface area contributed by atoms with E-state index in [-0.39, 0.29) is 11.3 Å². The molecule has 1 aromatic heterocycles. The maximum atomic E-state index is 13.9. The highest BCUT2D eigenvalue weighted by atomic mass is 16.5. The van der Waals surface area contributed by atoms with Crippen molar-refractivity contribution in [3.05, 3.63) is 77.9 Å². The number of hydrogen-bond acceptors (Lipinski definition) is 7. The quantitative estimate of drug-likeness (QED) is 0.258. The molecule has 236 valence electrons. The second-order valence-electron chi connectivity index (χ2n) is 12.6. The van der Waals surface area contributed by atoms with Crippen LogP contribution in [-0.2, 0) is 12.0 Å². The topological polar surface area (TPSA) is 72.3 Å². The van der Waals surface area contributed by atoms with Gasteiger partial charge in [0.25, 0.3) is 5.91 Å². The molecule has 1 amide bonds. The van der Waals surface area contributed by atoms with Crippen molar-refractivity contribution in [2.75, 3.05) is 65.5 Å². The number of fused-ring (bicyclic) bond motifs is 3. The van der Waals surface area contributed by atoms with Crippen LogP contribution in [0.15, 0.2) is 66.7 Å². The molecule has 1 atom stereocenters. The minimum absolute atomic E-state index is 0.00971. The molecule has 3 aliphatic heterocycles. The second kappa shape index (κ2) is 12.3. The molecule has 3 aliphatic rings. The largest absolute Gasteiger partial charge is 0.493 e. The fourth-order valence-corrected chi connectivity index (χ4v) is 7.79. The molecule has 2 fully saturated rings. The number of piperidine rings is 1. The summed E-state index contributed by atoms with van der Waals surface area (Å²) in [6.07, 6.45) is 4.24. The zero-order valence-corrected chi connectivity index (χ0v) is 26.6. The number of ether oxygens (including phenoxy) is 3. The van der Waals surface area contributed by atoms with Gasteiger partial charge in [-0.1, -0.05) is 42.5 Å². The molecule has 4 heterocycles. The number of nitrogens with zero attached hydrogens (tertiary/aromatic N) is 5. The molecule has 0 aliphatic carbocycles. The van der Waals surface area contributed by atoms with E-state index in [1.807, 2.05) is 4.90 Å². The predicted molar refractivity (Wildman–Crippen MR) is 176 cm³/mol. The Morgan fingerprint density at radius 3 is 2.29 bits per heavy atom. The van der Waals surface area contributed by atoms with E-state index in [9.17, 15) is 4.79 Å². The van der Waals surface area contributed by atoms with Gasteiger partial charge in [0.15, 0.2) is 11.5 Å². The first-order valence-electron chi connectivity index (χ1n) is 16.1. The molecule has 9 heteroatoms. The summed E-state index contributed by atoms with van der Waals surface area (Å²) in [6, 6.07) is 23.3. The van der Waals surface area contributed by atoms with Gasteiger partial charge in [0, 0.05) is 56.3 Å². The molecule has 0 bridgehead atoms. The third-order valence-electron chi connectivity index (χ3n) is 10.3. The van der Waals surface area contributed by atoms with Crippen molar-refractivity contribution in [3.8, 4) is 17.2 Å². The van der Waals surface area contributed by atoms with Crippen LogP contribution in [0, 0.1) is 0 Å². The number of likely N-dealkylation sites (tertiary alicyclic amines) is 2. The summed E-state index contributed by atoms with van der Waals surface area (Å²) in [4.78, 5) is 26.0. The number of anilines is 1. The van der Waals surface area contributed by atoms with Gasteiger partial charge in [-0.25, -0.2) is 4.98 Å². The number of benzene rings is 3. The van der Waals surface area contributed by atoms with Gasteiger partial charge in [0.05, 0.1) is 32.4 Å². The number of imidazole rings is 1. The highest BCUT2D eigenvalue weighted by Gasteiger charge is 2.42. The maximum absolute atomic E-state index is 13.9. The third-order valence-corrected chi connectivity index (χ3v) is 10.3. The molecule has 0 saturated carbocycles. The van der Waals surface area contributed by atoms with Gasteiger partial charge in [-0.15, -0.1) is 0 Å². The van der Waals surface area contributed by atoms with E-state index < -0.39 is 0 Å². The maximum Gasteiger partial charge on any atom is 0.254 e. The summed E-state index contributed by atoms with van der Waals surface area (Å²) >= 11 is 0. The first-order chi connectivity index (χ1) is 22.0. The summed E-state index contributed by atoms with van der Waals surface area (Å²) in [5, 5.41) is 0. The Bertz CT molecular complexity index is 1640. The molecular formula is C36H43N5O4. The molecule has 1 unspecified atom stereocenters. The molecule has 4 aromatic rings. The Morgan fingerprint density at radius 2 is 1.58 bits per heavy atom. The Balaban J connectivity index is 1.03. The van der Waals surface area contributed by atoms with Crippen molar-refractivity contribution in [1.29, 1.82) is 0 Å². The van der Waals surface area contributed by atoms with Crippen molar-refractivity contribution in [1.82, 2.24) is 19.4 Å².